The summed E-state index contributed by atoms with van der Waals surface area (Å²) >= 11 is 1.30. The van der Waals surface area contributed by atoms with Crippen LogP contribution in [0.1, 0.15) is 17.0 Å². The van der Waals surface area contributed by atoms with Crippen LogP contribution in [0.5, 0.6) is 0 Å². The van der Waals surface area contributed by atoms with E-state index in [4.69, 9.17) is 0 Å². The van der Waals surface area contributed by atoms with E-state index in [9.17, 15) is 4.79 Å². The molecule has 0 saturated carbocycles. The van der Waals surface area contributed by atoms with Crippen LogP contribution >= 0.6 is 11.8 Å². The summed E-state index contributed by atoms with van der Waals surface area (Å²) < 4.78 is 1.72. The molecule has 0 aliphatic rings. The maximum Gasteiger partial charge on any atom is 0.253 e. The SMILES string of the molecule is CNC(=O)CSc1nc2nc(C)c(C)c(C)n2n1. The Morgan fingerprint density at radius 3 is 2.72 bits per heavy atom. The molecule has 2 aromatic heterocycles. The van der Waals surface area contributed by atoms with Gasteiger partial charge < -0.3 is 5.32 Å². The van der Waals surface area contributed by atoms with Crippen molar-refractivity contribution in [3.8, 4) is 0 Å². The third-order valence-corrected chi connectivity index (χ3v) is 3.69. The normalized spacial score (nSPS) is 10.9. The highest BCUT2D eigenvalue weighted by atomic mass is 32.2. The van der Waals surface area contributed by atoms with E-state index in [0.29, 0.717) is 16.7 Å². The molecule has 0 unspecified atom stereocenters. The van der Waals surface area contributed by atoms with Gasteiger partial charge in [0.1, 0.15) is 0 Å². The van der Waals surface area contributed by atoms with Gasteiger partial charge in [0.25, 0.3) is 5.78 Å². The summed E-state index contributed by atoms with van der Waals surface area (Å²) in [5.41, 5.74) is 3.09. The third-order valence-electron chi connectivity index (χ3n) is 2.85. The van der Waals surface area contributed by atoms with E-state index >= 15 is 0 Å². The highest BCUT2D eigenvalue weighted by Crippen LogP contribution is 2.17. The van der Waals surface area contributed by atoms with Gasteiger partial charge in [0.05, 0.1) is 5.75 Å². The molecule has 2 aromatic rings. The average molecular weight is 265 g/mol. The number of carbonyl (C=O) groups is 1. The zero-order valence-corrected chi connectivity index (χ0v) is 11.6. The average Bonchev–Trinajstić information content (AvgIpc) is 2.76. The fraction of sp³-hybridized carbons (Fsp3) is 0.455. The standard InChI is InChI=1S/C11H15N5OS/c1-6-7(2)13-10-14-11(15-16(10)8(6)3)18-5-9(17)12-4/h5H2,1-4H3,(H,12,17). The van der Waals surface area contributed by atoms with E-state index < -0.39 is 0 Å². The molecule has 0 aromatic carbocycles. The summed E-state index contributed by atoms with van der Waals surface area (Å²) in [5, 5.41) is 7.48. The predicted octanol–water partition coefficient (Wildman–Crippen LogP) is 0.888. The molecule has 6 nitrogen and oxygen atoms in total. The van der Waals surface area contributed by atoms with Crippen LogP contribution in [0, 0.1) is 20.8 Å². The van der Waals surface area contributed by atoms with Crippen molar-refractivity contribution < 1.29 is 4.79 Å². The molecular weight excluding hydrogens is 250 g/mol. The Balaban J connectivity index is 2.33. The number of hydrogen-bond donors (Lipinski definition) is 1. The van der Waals surface area contributed by atoms with Gasteiger partial charge in [0.2, 0.25) is 11.1 Å². The van der Waals surface area contributed by atoms with Crippen molar-refractivity contribution in [3.05, 3.63) is 17.0 Å². The Labute approximate surface area is 109 Å². The number of hydrogen-bond acceptors (Lipinski definition) is 5. The van der Waals surface area contributed by atoms with Crippen molar-refractivity contribution in [1.82, 2.24) is 24.9 Å². The summed E-state index contributed by atoms with van der Waals surface area (Å²) in [6.45, 7) is 5.95. The fourth-order valence-electron chi connectivity index (χ4n) is 1.50. The van der Waals surface area contributed by atoms with Crippen LogP contribution in [0.2, 0.25) is 0 Å². The number of aromatic nitrogens is 4. The Kier molecular flexibility index (Phi) is 3.51. The van der Waals surface area contributed by atoms with Crippen LogP contribution in [0.3, 0.4) is 0 Å². The van der Waals surface area contributed by atoms with Gasteiger partial charge in [-0.15, -0.1) is 5.10 Å². The topological polar surface area (TPSA) is 72.2 Å². The molecule has 0 radical (unpaired) electrons. The summed E-state index contributed by atoms with van der Waals surface area (Å²) in [6, 6.07) is 0. The predicted molar refractivity (Wildman–Crippen MR) is 69.8 cm³/mol. The first-order chi connectivity index (χ1) is 8.52. The summed E-state index contributed by atoms with van der Waals surface area (Å²) in [6.07, 6.45) is 0. The van der Waals surface area contributed by atoms with Gasteiger partial charge in [-0.3, -0.25) is 4.79 Å². The van der Waals surface area contributed by atoms with Gasteiger partial charge in [-0.2, -0.15) is 4.98 Å². The number of amides is 1. The van der Waals surface area contributed by atoms with Crippen molar-refractivity contribution in [3.63, 3.8) is 0 Å². The molecular formula is C11H15N5OS. The minimum atomic E-state index is -0.0455. The summed E-state index contributed by atoms with van der Waals surface area (Å²) in [7, 11) is 1.61. The number of thioether (sulfide) groups is 1. The lowest BCUT2D eigenvalue weighted by atomic mass is 10.2. The number of nitrogens with one attached hydrogen (secondary N) is 1. The van der Waals surface area contributed by atoms with Crippen LogP contribution in [0.15, 0.2) is 5.16 Å². The quantitative estimate of drug-likeness (QED) is 0.834. The molecule has 0 fully saturated rings. The molecule has 18 heavy (non-hydrogen) atoms. The lowest BCUT2D eigenvalue weighted by molar-refractivity contribution is -0.118. The highest BCUT2D eigenvalue weighted by molar-refractivity contribution is 7.99. The van der Waals surface area contributed by atoms with Gasteiger partial charge in [0, 0.05) is 18.4 Å². The van der Waals surface area contributed by atoms with Crippen molar-refractivity contribution in [2.24, 2.45) is 0 Å². The van der Waals surface area contributed by atoms with Gasteiger partial charge in [0.15, 0.2) is 0 Å². The molecule has 1 amide bonds. The maximum absolute atomic E-state index is 11.2. The second kappa shape index (κ2) is 4.93. The van der Waals surface area contributed by atoms with Crippen LogP contribution in [0.25, 0.3) is 5.78 Å². The van der Waals surface area contributed by atoms with Crippen molar-refractivity contribution in [2.75, 3.05) is 12.8 Å². The minimum Gasteiger partial charge on any atom is -0.358 e. The summed E-state index contributed by atoms with van der Waals surface area (Å²) in [4.78, 5) is 19.9. The van der Waals surface area contributed by atoms with Gasteiger partial charge >= 0.3 is 0 Å². The Hall–Kier alpha value is -1.63. The molecule has 1 N–H and O–H groups in total. The van der Waals surface area contributed by atoms with Gasteiger partial charge in [-0.25, -0.2) is 9.50 Å². The zero-order chi connectivity index (χ0) is 13.3. The monoisotopic (exact) mass is 265 g/mol. The number of aryl methyl sites for hydroxylation is 2. The molecule has 0 bridgehead atoms. The molecule has 2 rings (SSSR count). The van der Waals surface area contributed by atoms with Crippen LogP contribution < -0.4 is 5.32 Å². The van der Waals surface area contributed by atoms with Crippen molar-refractivity contribution in [1.29, 1.82) is 0 Å². The number of rotatable bonds is 3. The maximum atomic E-state index is 11.2. The number of fused-ring (bicyclic) bond motifs is 1. The molecule has 0 aliphatic carbocycles. The van der Waals surface area contributed by atoms with Crippen LogP contribution in [0.4, 0.5) is 0 Å². The Bertz CT molecular complexity index is 607. The first-order valence-corrected chi connectivity index (χ1v) is 6.55. The second-order valence-corrected chi connectivity index (χ2v) is 4.92. The first-order valence-electron chi connectivity index (χ1n) is 5.57. The van der Waals surface area contributed by atoms with E-state index in [1.54, 1.807) is 11.6 Å². The molecule has 0 spiro atoms. The van der Waals surface area contributed by atoms with Crippen LogP contribution in [-0.2, 0) is 4.79 Å². The van der Waals surface area contributed by atoms with Crippen LogP contribution in [-0.4, -0.2) is 38.3 Å². The third kappa shape index (κ3) is 2.31. The van der Waals surface area contributed by atoms with E-state index in [0.717, 1.165) is 17.0 Å². The molecule has 0 saturated heterocycles. The smallest absolute Gasteiger partial charge is 0.253 e. The van der Waals surface area contributed by atoms with Gasteiger partial charge in [-0.1, -0.05) is 11.8 Å². The molecule has 0 aliphatic heterocycles. The lowest BCUT2D eigenvalue weighted by Gasteiger charge is -2.04. The minimum absolute atomic E-state index is 0.0455. The molecule has 2 heterocycles. The van der Waals surface area contributed by atoms with Gasteiger partial charge in [-0.05, 0) is 26.3 Å². The zero-order valence-electron chi connectivity index (χ0n) is 10.8. The second-order valence-electron chi connectivity index (χ2n) is 3.98. The Morgan fingerprint density at radius 1 is 1.33 bits per heavy atom. The first kappa shape index (κ1) is 12.8. The molecule has 96 valence electrons. The Morgan fingerprint density at radius 2 is 2.06 bits per heavy atom. The van der Waals surface area contributed by atoms with E-state index in [1.165, 1.54) is 11.8 Å². The largest absolute Gasteiger partial charge is 0.358 e. The van der Waals surface area contributed by atoms with E-state index in [2.05, 4.69) is 20.4 Å². The van der Waals surface area contributed by atoms with E-state index in [1.807, 2.05) is 20.8 Å². The lowest BCUT2D eigenvalue weighted by Crippen LogP contribution is -2.19. The number of nitrogens with zero attached hydrogens (tertiary/aromatic N) is 4. The molecule has 7 heteroatoms. The highest BCUT2D eigenvalue weighted by Gasteiger charge is 2.11. The fourth-order valence-corrected chi connectivity index (χ4v) is 2.19. The van der Waals surface area contributed by atoms with E-state index in [-0.39, 0.29) is 5.91 Å². The van der Waals surface area contributed by atoms with Crippen molar-refractivity contribution in [2.45, 2.75) is 25.9 Å². The molecule has 0 atom stereocenters. The number of carbonyl (C=O) groups excluding carboxylic acids is 1. The summed E-state index contributed by atoms with van der Waals surface area (Å²) in [5.74, 6) is 0.843. The van der Waals surface area contributed by atoms with Crippen molar-refractivity contribution >= 4 is 23.4 Å².